The largest absolute Gasteiger partial charge is 0.457 e. The minimum Gasteiger partial charge on any atom is -0.457 e. The zero-order chi connectivity index (χ0) is 24.8. The molecule has 0 aliphatic heterocycles. The highest BCUT2D eigenvalue weighted by Crippen LogP contribution is 2.40. The summed E-state index contributed by atoms with van der Waals surface area (Å²) in [5.41, 5.74) is -0.457. The van der Waals surface area contributed by atoms with Crippen LogP contribution < -0.4 is 10.4 Å². The molecule has 0 amide bonds. The van der Waals surface area contributed by atoms with Crippen LogP contribution in [0.1, 0.15) is 73.6 Å². The predicted octanol–water partition coefficient (Wildman–Crippen LogP) is 6.41. The molecule has 0 N–H and O–H groups in total. The Balaban J connectivity index is 1.81. The number of esters is 1. The van der Waals surface area contributed by atoms with Gasteiger partial charge in [-0.05, 0) is 67.8 Å². The first-order valence-corrected chi connectivity index (χ1v) is 14.6. The summed E-state index contributed by atoms with van der Waals surface area (Å²) in [6.45, 7) is 12.7. The molecule has 34 heavy (non-hydrogen) atoms. The normalized spacial score (nSPS) is 19.8. The van der Waals surface area contributed by atoms with Gasteiger partial charge in [-0.2, -0.15) is 0 Å². The number of benzene rings is 2. The lowest BCUT2D eigenvalue weighted by atomic mass is 9.85. The number of rotatable bonds is 7. The smallest absolute Gasteiger partial charge is 0.330 e. The quantitative estimate of drug-likeness (QED) is 0.262. The maximum atomic E-state index is 12.0. The summed E-state index contributed by atoms with van der Waals surface area (Å²) in [5.74, 6) is 0.263. The Morgan fingerprint density at radius 1 is 0.912 bits per heavy atom. The Bertz CT molecular complexity index is 899. The molecule has 3 rings (SSSR count). The van der Waals surface area contributed by atoms with E-state index in [2.05, 4.69) is 81.4 Å². The molecule has 184 valence electrons. The van der Waals surface area contributed by atoms with E-state index < -0.39 is 13.9 Å². The summed E-state index contributed by atoms with van der Waals surface area (Å²) in [7, 11) is -2.53. The van der Waals surface area contributed by atoms with E-state index >= 15 is 0 Å². The van der Waals surface area contributed by atoms with E-state index in [4.69, 9.17) is 9.16 Å². The number of hydrogen-bond donors (Lipinski definition) is 0. The minimum absolute atomic E-state index is 0.0146. The highest BCUT2D eigenvalue weighted by Gasteiger charge is 2.51. The van der Waals surface area contributed by atoms with Crippen molar-refractivity contribution in [2.45, 2.75) is 90.4 Å². The first-order valence-electron chi connectivity index (χ1n) is 12.7. The monoisotopic (exact) mass is 478 g/mol. The SMILES string of the molecule is CC(C)(C)OC(=O)C=CC[C@@H]1CCC[C@H](O[Si](c2ccccc2)(c2ccccc2)C(C)(C)C)C1. The third-order valence-electron chi connectivity index (χ3n) is 6.63. The van der Waals surface area contributed by atoms with Gasteiger partial charge in [-0.1, -0.05) is 93.9 Å². The van der Waals surface area contributed by atoms with Crippen LogP contribution in [0.5, 0.6) is 0 Å². The predicted molar refractivity (Wildman–Crippen MR) is 144 cm³/mol. The molecule has 2 aromatic carbocycles. The van der Waals surface area contributed by atoms with Crippen LogP contribution in [0.2, 0.25) is 5.04 Å². The number of carbonyl (C=O) groups is 1. The van der Waals surface area contributed by atoms with Crippen molar-refractivity contribution in [2.24, 2.45) is 5.92 Å². The van der Waals surface area contributed by atoms with Crippen LogP contribution in [0.15, 0.2) is 72.8 Å². The summed E-state index contributed by atoms with van der Waals surface area (Å²) < 4.78 is 12.8. The molecule has 4 heteroatoms. The molecule has 3 nitrogen and oxygen atoms in total. The van der Waals surface area contributed by atoms with Gasteiger partial charge < -0.3 is 9.16 Å². The van der Waals surface area contributed by atoms with Crippen molar-refractivity contribution in [2.75, 3.05) is 0 Å². The van der Waals surface area contributed by atoms with Crippen molar-refractivity contribution in [1.82, 2.24) is 0 Å². The number of allylic oxidation sites excluding steroid dienone is 1. The molecule has 2 atom stereocenters. The fraction of sp³-hybridized carbons (Fsp3) is 0.500. The molecule has 1 fully saturated rings. The van der Waals surface area contributed by atoms with Crippen LogP contribution in [0.4, 0.5) is 0 Å². The van der Waals surface area contributed by atoms with Gasteiger partial charge in [0.25, 0.3) is 8.32 Å². The van der Waals surface area contributed by atoms with Crippen molar-refractivity contribution in [3.05, 3.63) is 72.8 Å². The van der Waals surface area contributed by atoms with Gasteiger partial charge in [0.05, 0.1) is 0 Å². The zero-order valence-corrected chi connectivity index (χ0v) is 22.8. The zero-order valence-electron chi connectivity index (χ0n) is 21.8. The molecule has 0 aromatic heterocycles. The maximum absolute atomic E-state index is 12.0. The molecule has 1 aliphatic carbocycles. The highest BCUT2D eigenvalue weighted by atomic mass is 28.4. The minimum atomic E-state index is -2.53. The Morgan fingerprint density at radius 3 is 1.97 bits per heavy atom. The lowest BCUT2D eigenvalue weighted by molar-refractivity contribution is -0.148. The van der Waals surface area contributed by atoms with Gasteiger partial charge in [0, 0.05) is 12.2 Å². The van der Waals surface area contributed by atoms with Crippen molar-refractivity contribution in [3.8, 4) is 0 Å². The lowest BCUT2D eigenvalue weighted by Crippen LogP contribution is -2.67. The van der Waals surface area contributed by atoms with Crippen LogP contribution in [0.3, 0.4) is 0 Å². The number of carbonyl (C=O) groups excluding carboxylic acids is 1. The Kier molecular flexibility index (Phi) is 8.59. The average molecular weight is 479 g/mol. The first-order chi connectivity index (χ1) is 16.0. The third kappa shape index (κ3) is 6.70. The highest BCUT2D eigenvalue weighted by molar-refractivity contribution is 6.99. The van der Waals surface area contributed by atoms with Crippen molar-refractivity contribution in [1.29, 1.82) is 0 Å². The van der Waals surface area contributed by atoms with E-state index in [1.807, 2.05) is 26.8 Å². The molecular formula is C30H42O3Si. The first kappa shape index (κ1) is 26.4. The molecule has 0 saturated heterocycles. The van der Waals surface area contributed by atoms with Gasteiger partial charge in [-0.15, -0.1) is 0 Å². The fourth-order valence-corrected chi connectivity index (χ4v) is 9.93. The molecule has 0 heterocycles. The lowest BCUT2D eigenvalue weighted by Gasteiger charge is -2.46. The number of hydrogen-bond acceptors (Lipinski definition) is 3. The molecular weight excluding hydrogens is 436 g/mol. The summed E-state index contributed by atoms with van der Waals surface area (Å²) >= 11 is 0. The summed E-state index contributed by atoms with van der Waals surface area (Å²) in [6, 6.07) is 21.8. The van der Waals surface area contributed by atoms with E-state index in [9.17, 15) is 4.79 Å². The second-order valence-corrected chi connectivity index (χ2v) is 15.9. The molecule has 0 unspecified atom stereocenters. The van der Waals surface area contributed by atoms with Crippen molar-refractivity contribution in [3.63, 3.8) is 0 Å². The average Bonchev–Trinajstić information content (AvgIpc) is 2.77. The molecule has 1 saturated carbocycles. The molecule has 0 bridgehead atoms. The standard InChI is InChI=1S/C30H42O3Si/c1-29(2,3)32-28(31)22-14-16-24-15-13-17-25(23-24)33-34(30(4,5)6,26-18-9-7-10-19-26)27-20-11-8-12-21-27/h7-12,14,18-22,24-25H,13,15-17,23H2,1-6H3/t24-,25-/m0/s1. The van der Waals surface area contributed by atoms with Crippen LogP contribution in [0.25, 0.3) is 0 Å². The molecule has 1 aliphatic rings. The van der Waals surface area contributed by atoms with Gasteiger partial charge in [-0.25, -0.2) is 4.79 Å². The van der Waals surface area contributed by atoms with Crippen LogP contribution >= 0.6 is 0 Å². The van der Waals surface area contributed by atoms with Gasteiger partial charge >= 0.3 is 5.97 Å². The van der Waals surface area contributed by atoms with Crippen LogP contribution in [-0.2, 0) is 14.0 Å². The Hall–Kier alpha value is -2.17. The molecule has 0 spiro atoms. The molecule has 2 aromatic rings. The van der Waals surface area contributed by atoms with Gasteiger partial charge in [-0.3, -0.25) is 0 Å². The second kappa shape index (κ2) is 11.0. The van der Waals surface area contributed by atoms with Gasteiger partial charge in [0.15, 0.2) is 0 Å². The summed E-state index contributed by atoms with van der Waals surface area (Å²) in [4.78, 5) is 12.0. The van der Waals surface area contributed by atoms with E-state index in [0.29, 0.717) is 5.92 Å². The van der Waals surface area contributed by atoms with E-state index in [1.54, 1.807) is 6.08 Å². The summed E-state index contributed by atoms with van der Waals surface area (Å²) in [5, 5.41) is 2.65. The number of ether oxygens (including phenoxy) is 1. The topological polar surface area (TPSA) is 35.5 Å². The third-order valence-corrected chi connectivity index (χ3v) is 11.7. The van der Waals surface area contributed by atoms with Gasteiger partial charge in [0.2, 0.25) is 0 Å². The second-order valence-electron chi connectivity index (χ2n) is 11.6. The van der Waals surface area contributed by atoms with E-state index in [0.717, 1.165) is 25.7 Å². The van der Waals surface area contributed by atoms with Gasteiger partial charge in [0.1, 0.15) is 5.60 Å². The van der Waals surface area contributed by atoms with Crippen LogP contribution in [0, 0.1) is 5.92 Å². The maximum Gasteiger partial charge on any atom is 0.330 e. The van der Waals surface area contributed by atoms with Crippen molar-refractivity contribution >= 4 is 24.7 Å². The van der Waals surface area contributed by atoms with Crippen LogP contribution in [-0.4, -0.2) is 26.0 Å². The fourth-order valence-electron chi connectivity index (χ4n) is 5.20. The Morgan fingerprint density at radius 2 is 1.47 bits per heavy atom. The summed E-state index contributed by atoms with van der Waals surface area (Å²) in [6.07, 6.45) is 9.16. The van der Waals surface area contributed by atoms with E-state index in [-0.39, 0.29) is 17.1 Å². The van der Waals surface area contributed by atoms with Crippen molar-refractivity contribution < 1.29 is 14.0 Å². The molecule has 0 radical (unpaired) electrons. The van der Waals surface area contributed by atoms with E-state index in [1.165, 1.54) is 16.8 Å². The Labute approximate surface area is 207 Å².